The van der Waals surface area contributed by atoms with Gasteiger partial charge in [0, 0.05) is 27.2 Å². The third-order valence-corrected chi connectivity index (χ3v) is 3.42. The molecular formula is C15H28N2O4. The summed E-state index contributed by atoms with van der Waals surface area (Å²) in [5.74, 6) is -0.0439. The molecule has 21 heavy (non-hydrogen) atoms. The predicted molar refractivity (Wildman–Crippen MR) is 80.1 cm³/mol. The third-order valence-electron chi connectivity index (χ3n) is 3.42. The van der Waals surface area contributed by atoms with E-state index in [0.29, 0.717) is 26.1 Å². The summed E-state index contributed by atoms with van der Waals surface area (Å²) in [6.45, 7) is 7.07. The smallest absolute Gasteiger partial charge is 0.410 e. The summed E-state index contributed by atoms with van der Waals surface area (Å²) in [6, 6.07) is -0.421. The minimum Gasteiger partial charge on any atom is -0.444 e. The summed E-state index contributed by atoms with van der Waals surface area (Å²) in [6.07, 6.45) is 2.15. The number of methoxy groups -OCH3 is 1. The molecule has 1 rings (SSSR count). The molecule has 0 aromatic carbocycles. The number of hydrogen-bond donors (Lipinski definition) is 0. The number of piperidine rings is 1. The average Bonchev–Trinajstić information content (AvgIpc) is 2.42. The van der Waals surface area contributed by atoms with Crippen LogP contribution in [0.5, 0.6) is 0 Å². The molecule has 122 valence electrons. The largest absolute Gasteiger partial charge is 0.444 e. The second kappa shape index (κ2) is 7.64. The fourth-order valence-electron chi connectivity index (χ4n) is 2.32. The van der Waals surface area contributed by atoms with E-state index in [2.05, 4.69) is 0 Å². The summed E-state index contributed by atoms with van der Waals surface area (Å²) < 4.78 is 10.4. The number of hydrogen-bond acceptors (Lipinski definition) is 4. The number of carbonyl (C=O) groups excluding carboxylic acids is 2. The highest BCUT2D eigenvalue weighted by molar-refractivity contribution is 5.85. The first-order chi connectivity index (χ1) is 9.76. The number of likely N-dealkylation sites (tertiary alicyclic amines) is 1. The first-order valence-electron chi connectivity index (χ1n) is 7.50. The van der Waals surface area contributed by atoms with Gasteiger partial charge in [0.2, 0.25) is 5.91 Å². The molecule has 1 aliphatic rings. The second-order valence-corrected chi connectivity index (χ2v) is 6.44. The Hall–Kier alpha value is -1.30. The van der Waals surface area contributed by atoms with Crippen molar-refractivity contribution in [2.75, 3.05) is 33.9 Å². The van der Waals surface area contributed by atoms with Crippen LogP contribution >= 0.6 is 0 Å². The number of likely N-dealkylation sites (N-methyl/N-ethyl adjacent to an activating group) is 1. The maximum absolute atomic E-state index is 12.5. The van der Waals surface area contributed by atoms with E-state index in [1.807, 2.05) is 20.8 Å². The first-order valence-corrected chi connectivity index (χ1v) is 7.50. The van der Waals surface area contributed by atoms with Crippen LogP contribution in [0, 0.1) is 0 Å². The van der Waals surface area contributed by atoms with Gasteiger partial charge >= 0.3 is 6.09 Å². The lowest BCUT2D eigenvalue weighted by atomic mass is 10.0. The Kier molecular flexibility index (Phi) is 6.45. The molecule has 0 aliphatic carbocycles. The Morgan fingerprint density at radius 3 is 2.52 bits per heavy atom. The molecule has 0 bridgehead atoms. The van der Waals surface area contributed by atoms with Gasteiger partial charge < -0.3 is 14.4 Å². The number of rotatable bonds is 4. The number of nitrogens with zero attached hydrogens (tertiary/aromatic N) is 2. The van der Waals surface area contributed by atoms with Crippen LogP contribution in [0.25, 0.3) is 0 Å². The van der Waals surface area contributed by atoms with Crippen molar-refractivity contribution in [3.05, 3.63) is 0 Å². The monoisotopic (exact) mass is 300 g/mol. The van der Waals surface area contributed by atoms with Crippen molar-refractivity contribution >= 4 is 12.0 Å². The predicted octanol–water partition coefficient (Wildman–Crippen LogP) is 1.88. The fraction of sp³-hybridized carbons (Fsp3) is 0.867. The Morgan fingerprint density at radius 1 is 1.29 bits per heavy atom. The second-order valence-electron chi connectivity index (χ2n) is 6.44. The zero-order chi connectivity index (χ0) is 16.0. The highest BCUT2D eigenvalue weighted by atomic mass is 16.6. The van der Waals surface area contributed by atoms with Gasteiger partial charge in [-0.3, -0.25) is 9.69 Å². The average molecular weight is 300 g/mol. The Balaban J connectivity index is 2.72. The molecule has 0 saturated carbocycles. The van der Waals surface area contributed by atoms with E-state index in [9.17, 15) is 9.59 Å². The quantitative estimate of drug-likeness (QED) is 0.795. The molecule has 6 heteroatoms. The summed E-state index contributed by atoms with van der Waals surface area (Å²) in [5.41, 5.74) is -0.552. The van der Waals surface area contributed by atoms with Crippen molar-refractivity contribution in [2.45, 2.75) is 51.7 Å². The van der Waals surface area contributed by atoms with Crippen molar-refractivity contribution in [1.82, 2.24) is 9.80 Å². The van der Waals surface area contributed by atoms with Crippen LogP contribution in [0.3, 0.4) is 0 Å². The Bertz CT molecular complexity index is 365. The van der Waals surface area contributed by atoms with Crippen molar-refractivity contribution < 1.29 is 19.1 Å². The lowest BCUT2D eigenvalue weighted by Gasteiger charge is -2.37. The summed E-state index contributed by atoms with van der Waals surface area (Å²) in [5, 5.41) is 0. The van der Waals surface area contributed by atoms with Gasteiger partial charge in [0.05, 0.1) is 6.61 Å². The lowest BCUT2D eigenvalue weighted by Crippen LogP contribution is -2.53. The molecule has 6 nitrogen and oxygen atoms in total. The van der Waals surface area contributed by atoms with Crippen LogP contribution in [0.2, 0.25) is 0 Å². The molecule has 0 N–H and O–H groups in total. The van der Waals surface area contributed by atoms with E-state index >= 15 is 0 Å². The molecule has 1 fully saturated rings. The zero-order valence-electron chi connectivity index (χ0n) is 13.8. The van der Waals surface area contributed by atoms with E-state index in [4.69, 9.17) is 9.47 Å². The van der Waals surface area contributed by atoms with E-state index in [-0.39, 0.29) is 5.91 Å². The van der Waals surface area contributed by atoms with Crippen molar-refractivity contribution in [1.29, 1.82) is 0 Å². The molecule has 0 unspecified atom stereocenters. The van der Waals surface area contributed by atoms with E-state index in [1.54, 1.807) is 24.0 Å². The zero-order valence-corrected chi connectivity index (χ0v) is 13.8. The standard InChI is InChI=1S/C15H28N2O4/c1-15(2,3)21-14(19)17-9-7-6-8-12(17)13(18)16(4)10-11-20-5/h12H,6-11H2,1-5H3/t12-/m0/s1. The first kappa shape index (κ1) is 17.8. The normalized spacial score (nSPS) is 19.3. The van der Waals surface area contributed by atoms with Gasteiger partial charge in [-0.15, -0.1) is 0 Å². The van der Waals surface area contributed by atoms with Crippen LogP contribution in [-0.2, 0) is 14.3 Å². The molecule has 0 spiro atoms. The molecule has 0 radical (unpaired) electrons. The summed E-state index contributed by atoms with van der Waals surface area (Å²) in [7, 11) is 3.34. The van der Waals surface area contributed by atoms with Gasteiger partial charge in [-0.2, -0.15) is 0 Å². The topological polar surface area (TPSA) is 59.1 Å². The molecule has 1 heterocycles. The van der Waals surface area contributed by atoms with Crippen LogP contribution in [0.4, 0.5) is 4.79 Å². The number of ether oxygens (including phenoxy) is 2. The highest BCUT2D eigenvalue weighted by Gasteiger charge is 2.35. The van der Waals surface area contributed by atoms with Crippen LogP contribution in [-0.4, -0.2) is 67.3 Å². The Labute approximate surface area is 127 Å². The number of carbonyl (C=O) groups is 2. The van der Waals surface area contributed by atoms with E-state index < -0.39 is 17.7 Å². The van der Waals surface area contributed by atoms with E-state index in [0.717, 1.165) is 12.8 Å². The van der Waals surface area contributed by atoms with Crippen LogP contribution in [0.1, 0.15) is 40.0 Å². The summed E-state index contributed by atoms with van der Waals surface area (Å²) in [4.78, 5) is 28.0. The van der Waals surface area contributed by atoms with E-state index in [1.165, 1.54) is 0 Å². The van der Waals surface area contributed by atoms with Gasteiger partial charge in [0.25, 0.3) is 0 Å². The minimum atomic E-state index is -0.552. The number of amides is 2. The van der Waals surface area contributed by atoms with Crippen molar-refractivity contribution in [3.8, 4) is 0 Å². The highest BCUT2D eigenvalue weighted by Crippen LogP contribution is 2.21. The van der Waals surface area contributed by atoms with Gasteiger partial charge in [-0.1, -0.05) is 0 Å². The lowest BCUT2D eigenvalue weighted by molar-refractivity contribution is -0.137. The van der Waals surface area contributed by atoms with Crippen molar-refractivity contribution in [2.24, 2.45) is 0 Å². The third kappa shape index (κ3) is 5.53. The SMILES string of the molecule is COCCN(C)C(=O)[C@@H]1CCCCN1C(=O)OC(C)(C)C. The van der Waals surface area contributed by atoms with Gasteiger partial charge in [0.15, 0.2) is 0 Å². The molecule has 0 aromatic heterocycles. The molecule has 0 aromatic rings. The van der Waals surface area contributed by atoms with Crippen molar-refractivity contribution in [3.63, 3.8) is 0 Å². The molecular weight excluding hydrogens is 272 g/mol. The van der Waals surface area contributed by atoms with Gasteiger partial charge in [-0.05, 0) is 40.0 Å². The van der Waals surface area contributed by atoms with Gasteiger partial charge in [0.1, 0.15) is 11.6 Å². The maximum atomic E-state index is 12.5. The van der Waals surface area contributed by atoms with Gasteiger partial charge in [-0.25, -0.2) is 4.79 Å². The van der Waals surface area contributed by atoms with Crippen LogP contribution < -0.4 is 0 Å². The molecule has 1 aliphatic heterocycles. The summed E-state index contributed by atoms with van der Waals surface area (Å²) >= 11 is 0. The minimum absolute atomic E-state index is 0.0439. The van der Waals surface area contributed by atoms with Crippen LogP contribution in [0.15, 0.2) is 0 Å². The fourth-order valence-corrected chi connectivity index (χ4v) is 2.32. The molecule has 2 amide bonds. The molecule has 1 atom stereocenters. The Morgan fingerprint density at radius 2 is 1.95 bits per heavy atom. The molecule has 1 saturated heterocycles. The maximum Gasteiger partial charge on any atom is 0.410 e.